The van der Waals surface area contributed by atoms with Crippen LogP contribution in [0, 0.1) is 5.92 Å². The molecule has 1 N–H and O–H groups in total. The fraction of sp³-hybridized carbons (Fsp3) is 0.632. The summed E-state index contributed by atoms with van der Waals surface area (Å²) in [7, 11) is -3.50. The van der Waals surface area contributed by atoms with E-state index in [0.717, 1.165) is 31.5 Å². The van der Waals surface area contributed by atoms with Crippen LogP contribution in [-0.2, 0) is 14.8 Å². The van der Waals surface area contributed by atoms with E-state index < -0.39 is 10.0 Å². The minimum absolute atomic E-state index is 0.0475. The molecule has 3 rings (SSSR count). The number of sulfonamides is 1. The first-order chi connectivity index (χ1) is 12.4. The van der Waals surface area contributed by atoms with E-state index in [-0.39, 0.29) is 11.8 Å². The average Bonchev–Trinajstić information content (AvgIpc) is 3.21. The molecule has 2 aliphatic rings. The quantitative estimate of drug-likeness (QED) is 0.844. The molecule has 0 bridgehead atoms. The minimum Gasteiger partial charge on any atom is -0.340 e. The molecule has 1 amide bonds. The van der Waals surface area contributed by atoms with Crippen molar-refractivity contribution in [3.8, 4) is 0 Å². The van der Waals surface area contributed by atoms with Crippen molar-refractivity contribution in [2.24, 2.45) is 5.92 Å². The van der Waals surface area contributed by atoms with Gasteiger partial charge in [-0.25, -0.2) is 8.42 Å². The molecule has 0 spiro atoms. The molecule has 7 heteroatoms. The van der Waals surface area contributed by atoms with Gasteiger partial charge in [0, 0.05) is 32.7 Å². The number of hydrogen-bond donors (Lipinski definition) is 1. The summed E-state index contributed by atoms with van der Waals surface area (Å²) in [6, 6.07) is 7.24. The van der Waals surface area contributed by atoms with Gasteiger partial charge in [-0.3, -0.25) is 4.79 Å². The fourth-order valence-corrected chi connectivity index (χ4v) is 5.05. The zero-order valence-corrected chi connectivity index (χ0v) is 16.5. The lowest BCUT2D eigenvalue weighted by Crippen LogP contribution is -2.52. The predicted octanol–water partition coefficient (Wildman–Crippen LogP) is 1.64. The Hall–Kier alpha value is -1.44. The minimum atomic E-state index is -3.50. The molecular formula is C19H29N3O3S. The second-order valence-electron chi connectivity index (χ2n) is 7.30. The van der Waals surface area contributed by atoms with E-state index in [1.54, 1.807) is 12.1 Å². The Balaban J connectivity index is 1.63. The number of benzene rings is 1. The molecule has 0 radical (unpaired) electrons. The molecule has 144 valence electrons. The van der Waals surface area contributed by atoms with E-state index in [1.807, 2.05) is 17.0 Å². The molecule has 2 fully saturated rings. The number of nitrogens with one attached hydrogen (secondary N) is 1. The molecule has 2 saturated heterocycles. The molecule has 2 heterocycles. The summed E-state index contributed by atoms with van der Waals surface area (Å²) in [6.45, 7) is 7.55. The van der Waals surface area contributed by atoms with Crippen LogP contribution >= 0.6 is 0 Å². The first-order valence-corrected chi connectivity index (χ1v) is 11.0. The van der Waals surface area contributed by atoms with E-state index in [4.69, 9.17) is 0 Å². The summed E-state index contributed by atoms with van der Waals surface area (Å²) in [4.78, 5) is 14.6. The molecule has 2 unspecified atom stereocenters. The largest absolute Gasteiger partial charge is 0.340 e. The van der Waals surface area contributed by atoms with Crippen molar-refractivity contribution in [3.05, 3.63) is 29.8 Å². The summed E-state index contributed by atoms with van der Waals surface area (Å²) in [5.41, 5.74) is 1.16. The van der Waals surface area contributed by atoms with E-state index >= 15 is 0 Å². The Morgan fingerprint density at radius 1 is 1.19 bits per heavy atom. The zero-order valence-electron chi connectivity index (χ0n) is 15.6. The molecule has 0 aromatic heterocycles. The van der Waals surface area contributed by atoms with Crippen molar-refractivity contribution < 1.29 is 13.2 Å². The highest BCUT2D eigenvalue weighted by Gasteiger charge is 2.33. The van der Waals surface area contributed by atoms with Crippen LogP contribution in [0.4, 0.5) is 0 Å². The van der Waals surface area contributed by atoms with Crippen molar-refractivity contribution in [1.29, 1.82) is 0 Å². The van der Waals surface area contributed by atoms with Gasteiger partial charge in [0.25, 0.3) is 0 Å². The highest BCUT2D eigenvalue weighted by molar-refractivity contribution is 7.89. The number of nitrogens with zero attached hydrogens (tertiary/aromatic N) is 2. The normalized spacial score (nSPS) is 23.2. The van der Waals surface area contributed by atoms with Gasteiger partial charge in [0.2, 0.25) is 15.9 Å². The lowest BCUT2D eigenvalue weighted by molar-refractivity contribution is -0.136. The third-order valence-electron chi connectivity index (χ3n) is 5.66. The van der Waals surface area contributed by atoms with E-state index in [0.29, 0.717) is 37.0 Å². The molecular weight excluding hydrogens is 350 g/mol. The Morgan fingerprint density at radius 2 is 1.85 bits per heavy atom. The molecule has 0 aliphatic carbocycles. The maximum Gasteiger partial charge on any atom is 0.243 e. The van der Waals surface area contributed by atoms with Crippen LogP contribution < -0.4 is 5.32 Å². The third-order valence-corrected chi connectivity index (χ3v) is 7.57. The van der Waals surface area contributed by atoms with Crippen molar-refractivity contribution >= 4 is 15.9 Å². The van der Waals surface area contributed by atoms with Crippen LogP contribution in [0.15, 0.2) is 29.2 Å². The van der Waals surface area contributed by atoms with Gasteiger partial charge in [-0.05, 0) is 43.0 Å². The first kappa shape index (κ1) is 19.3. The molecule has 1 aromatic carbocycles. The Kier molecular flexibility index (Phi) is 5.99. The summed E-state index contributed by atoms with van der Waals surface area (Å²) in [5.74, 6) is 0.627. The van der Waals surface area contributed by atoms with Gasteiger partial charge in [-0.15, -0.1) is 0 Å². The van der Waals surface area contributed by atoms with E-state index in [9.17, 15) is 13.2 Å². The highest BCUT2D eigenvalue weighted by atomic mass is 32.2. The number of amides is 1. The molecule has 0 saturated carbocycles. The van der Waals surface area contributed by atoms with Gasteiger partial charge < -0.3 is 10.2 Å². The smallest absolute Gasteiger partial charge is 0.243 e. The number of piperazine rings is 1. The lowest BCUT2D eigenvalue weighted by Gasteiger charge is -2.35. The fourth-order valence-electron chi connectivity index (χ4n) is 3.63. The summed E-state index contributed by atoms with van der Waals surface area (Å²) in [6.07, 6.45) is 1.90. The molecule has 1 aromatic rings. The van der Waals surface area contributed by atoms with Gasteiger partial charge in [0.05, 0.1) is 10.8 Å². The van der Waals surface area contributed by atoms with Gasteiger partial charge in [-0.2, -0.15) is 4.31 Å². The monoisotopic (exact) mass is 379 g/mol. The van der Waals surface area contributed by atoms with Crippen LogP contribution in [0.1, 0.15) is 38.2 Å². The zero-order chi connectivity index (χ0) is 18.7. The lowest BCUT2D eigenvalue weighted by atomic mass is 9.99. The second-order valence-corrected chi connectivity index (χ2v) is 9.24. The summed E-state index contributed by atoms with van der Waals surface area (Å²) < 4.78 is 27.3. The maximum absolute atomic E-state index is 12.9. The van der Waals surface area contributed by atoms with Crippen LogP contribution in [0.3, 0.4) is 0 Å². The Bertz CT molecular complexity index is 719. The third kappa shape index (κ3) is 3.94. The number of hydrogen-bond acceptors (Lipinski definition) is 4. The van der Waals surface area contributed by atoms with Crippen molar-refractivity contribution in [1.82, 2.24) is 14.5 Å². The Labute approximate surface area is 156 Å². The number of carbonyl (C=O) groups excluding carboxylic acids is 1. The standard InChI is InChI=1S/C19H29N3O3S/c1-3-15(2)16-4-6-18(7-5-16)26(24,25)22-12-10-21(11-13-22)19(23)17-8-9-20-14-17/h4-7,15,17,20H,3,8-14H2,1-2H3. The maximum atomic E-state index is 12.9. The number of carbonyl (C=O) groups is 1. The average molecular weight is 380 g/mol. The van der Waals surface area contributed by atoms with Gasteiger partial charge in [0.15, 0.2) is 0 Å². The van der Waals surface area contributed by atoms with E-state index in [1.165, 1.54) is 4.31 Å². The van der Waals surface area contributed by atoms with Crippen LogP contribution in [0.25, 0.3) is 0 Å². The van der Waals surface area contributed by atoms with Crippen LogP contribution in [-0.4, -0.2) is 62.8 Å². The van der Waals surface area contributed by atoms with Crippen molar-refractivity contribution in [3.63, 3.8) is 0 Å². The molecule has 26 heavy (non-hydrogen) atoms. The van der Waals surface area contributed by atoms with E-state index in [2.05, 4.69) is 19.2 Å². The molecule has 2 atom stereocenters. The van der Waals surface area contributed by atoms with Crippen LogP contribution in [0.5, 0.6) is 0 Å². The van der Waals surface area contributed by atoms with Gasteiger partial charge in [-0.1, -0.05) is 26.0 Å². The Morgan fingerprint density at radius 3 is 2.38 bits per heavy atom. The summed E-state index contributed by atoms with van der Waals surface area (Å²) >= 11 is 0. The molecule has 6 nitrogen and oxygen atoms in total. The topological polar surface area (TPSA) is 69.7 Å². The van der Waals surface area contributed by atoms with Crippen molar-refractivity contribution in [2.75, 3.05) is 39.3 Å². The second kappa shape index (κ2) is 8.06. The molecule has 2 aliphatic heterocycles. The SMILES string of the molecule is CCC(C)c1ccc(S(=O)(=O)N2CCN(C(=O)C3CCNC3)CC2)cc1. The summed E-state index contributed by atoms with van der Waals surface area (Å²) in [5, 5.41) is 3.21. The number of rotatable bonds is 5. The predicted molar refractivity (Wildman–Crippen MR) is 101 cm³/mol. The van der Waals surface area contributed by atoms with Crippen molar-refractivity contribution in [2.45, 2.75) is 37.5 Å². The highest BCUT2D eigenvalue weighted by Crippen LogP contribution is 2.23. The van der Waals surface area contributed by atoms with Gasteiger partial charge in [0.1, 0.15) is 0 Å². The van der Waals surface area contributed by atoms with Gasteiger partial charge >= 0.3 is 0 Å². The first-order valence-electron chi connectivity index (χ1n) is 9.53. The van der Waals surface area contributed by atoms with Crippen LogP contribution in [0.2, 0.25) is 0 Å².